The van der Waals surface area contributed by atoms with Crippen LogP contribution in [0.25, 0.3) is 0 Å². The highest BCUT2D eigenvalue weighted by Crippen LogP contribution is 2.28. The largest absolute Gasteiger partial charge is 0.369 e. The van der Waals surface area contributed by atoms with Gasteiger partial charge in [0.05, 0.1) is 16.6 Å². The molecular formula is C12H16N4O2. The van der Waals surface area contributed by atoms with Gasteiger partial charge in [-0.1, -0.05) is 0 Å². The molecule has 0 fully saturated rings. The molecule has 0 atom stereocenters. The molecule has 0 unspecified atom stereocenters. The number of anilines is 1. The van der Waals surface area contributed by atoms with Crippen LogP contribution in [0, 0.1) is 21.4 Å². The van der Waals surface area contributed by atoms with Gasteiger partial charge in [0.2, 0.25) is 0 Å². The van der Waals surface area contributed by atoms with Crippen molar-refractivity contribution in [2.75, 3.05) is 32.1 Å². The summed E-state index contributed by atoms with van der Waals surface area (Å²) in [7, 11) is 3.65. The standard InChI is InChI=1S/C12H16N4O2/c1-14-6-3-7-15(2)12-8-10(9-13)4-5-11(12)16(17)18/h4-5,8,14H,3,6-7H2,1-2H3. The lowest BCUT2D eigenvalue weighted by Gasteiger charge is -2.19. The van der Waals surface area contributed by atoms with Crippen LogP contribution in [0.5, 0.6) is 0 Å². The van der Waals surface area contributed by atoms with Gasteiger partial charge in [0.1, 0.15) is 5.69 Å². The van der Waals surface area contributed by atoms with E-state index in [1.54, 1.807) is 18.0 Å². The van der Waals surface area contributed by atoms with E-state index in [9.17, 15) is 10.1 Å². The number of nitrogens with zero attached hydrogens (tertiary/aromatic N) is 3. The lowest BCUT2D eigenvalue weighted by molar-refractivity contribution is -0.384. The smallest absolute Gasteiger partial charge is 0.292 e. The molecule has 0 aliphatic carbocycles. The zero-order valence-corrected chi connectivity index (χ0v) is 10.5. The Labute approximate surface area is 106 Å². The SMILES string of the molecule is CNCCCN(C)c1cc(C#N)ccc1[N+](=O)[O-]. The summed E-state index contributed by atoms with van der Waals surface area (Å²) < 4.78 is 0. The molecule has 0 heterocycles. The van der Waals surface area contributed by atoms with E-state index in [4.69, 9.17) is 5.26 Å². The monoisotopic (exact) mass is 248 g/mol. The summed E-state index contributed by atoms with van der Waals surface area (Å²) in [5, 5.41) is 22.8. The van der Waals surface area contributed by atoms with Gasteiger partial charge in [-0.3, -0.25) is 10.1 Å². The number of hydrogen-bond donors (Lipinski definition) is 1. The first-order valence-electron chi connectivity index (χ1n) is 5.64. The Morgan fingerprint density at radius 1 is 1.56 bits per heavy atom. The van der Waals surface area contributed by atoms with E-state index >= 15 is 0 Å². The Hall–Kier alpha value is -2.13. The highest BCUT2D eigenvalue weighted by atomic mass is 16.6. The van der Waals surface area contributed by atoms with Crippen LogP contribution in [-0.4, -0.2) is 32.1 Å². The topological polar surface area (TPSA) is 82.2 Å². The van der Waals surface area contributed by atoms with Crippen LogP contribution >= 0.6 is 0 Å². The third kappa shape index (κ3) is 3.43. The fraction of sp³-hybridized carbons (Fsp3) is 0.417. The third-order valence-corrected chi connectivity index (χ3v) is 2.63. The van der Waals surface area contributed by atoms with Gasteiger partial charge in [0, 0.05) is 19.7 Å². The third-order valence-electron chi connectivity index (χ3n) is 2.63. The average molecular weight is 248 g/mol. The van der Waals surface area contributed by atoms with Crippen molar-refractivity contribution in [3.05, 3.63) is 33.9 Å². The molecular weight excluding hydrogens is 232 g/mol. The van der Waals surface area contributed by atoms with Gasteiger partial charge in [-0.25, -0.2) is 0 Å². The number of nitriles is 1. The molecule has 6 nitrogen and oxygen atoms in total. The van der Waals surface area contributed by atoms with Crippen molar-refractivity contribution in [1.82, 2.24) is 5.32 Å². The lowest BCUT2D eigenvalue weighted by atomic mass is 10.1. The molecule has 1 N–H and O–H groups in total. The number of nitro groups is 1. The summed E-state index contributed by atoms with van der Waals surface area (Å²) >= 11 is 0. The van der Waals surface area contributed by atoms with Crippen LogP contribution in [0.1, 0.15) is 12.0 Å². The van der Waals surface area contributed by atoms with E-state index in [0.717, 1.165) is 13.0 Å². The minimum atomic E-state index is -0.426. The number of nitro benzene ring substituents is 1. The molecule has 1 rings (SSSR count). The van der Waals surface area contributed by atoms with Gasteiger partial charge >= 0.3 is 0 Å². The minimum absolute atomic E-state index is 0.0287. The maximum Gasteiger partial charge on any atom is 0.292 e. The predicted molar refractivity (Wildman–Crippen MR) is 69.6 cm³/mol. The van der Waals surface area contributed by atoms with Gasteiger partial charge in [0.15, 0.2) is 0 Å². The molecule has 0 aliphatic heterocycles. The van der Waals surface area contributed by atoms with E-state index < -0.39 is 4.92 Å². The van der Waals surface area contributed by atoms with Crippen LogP contribution in [0.3, 0.4) is 0 Å². The van der Waals surface area contributed by atoms with Crippen molar-refractivity contribution in [3.8, 4) is 6.07 Å². The van der Waals surface area contributed by atoms with Crippen molar-refractivity contribution in [3.63, 3.8) is 0 Å². The fourth-order valence-electron chi connectivity index (χ4n) is 1.67. The molecule has 96 valence electrons. The quantitative estimate of drug-likeness (QED) is 0.469. The first-order chi connectivity index (χ1) is 8.60. The van der Waals surface area contributed by atoms with Gasteiger partial charge in [-0.15, -0.1) is 0 Å². The van der Waals surface area contributed by atoms with E-state index in [1.807, 2.05) is 13.1 Å². The van der Waals surface area contributed by atoms with Crippen molar-refractivity contribution >= 4 is 11.4 Å². The van der Waals surface area contributed by atoms with Gasteiger partial charge in [-0.05, 0) is 32.1 Å². The first kappa shape index (κ1) is 13.9. The molecule has 0 saturated heterocycles. The first-order valence-corrected chi connectivity index (χ1v) is 5.64. The summed E-state index contributed by atoms with van der Waals surface area (Å²) in [4.78, 5) is 12.3. The normalized spacial score (nSPS) is 9.83. The molecule has 0 radical (unpaired) electrons. The zero-order chi connectivity index (χ0) is 13.5. The van der Waals surface area contributed by atoms with Crippen LogP contribution in [0.15, 0.2) is 18.2 Å². The Balaban J connectivity index is 2.96. The van der Waals surface area contributed by atoms with Crippen molar-refractivity contribution in [1.29, 1.82) is 5.26 Å². The van der Waals surface area contributed by atoms with Crippen molar-refractivity contribution in [2.45, 2.75) is 6.42 Å². The molecule has 0 amide bonds. The van der Waals surface area contributed by atoms with Crippen molar-refractivity contribution in [2.24, 2.45) is 0 Å². The maximum atomic E-state index is 10.9. The van der Waals surface area contributed by atoms with Crippen LogP contribution in [0.2, 0.25) is 0 Å². The van der Waals surface area contributed by atoms with E-state index in [2.05, 4.69) is 5.32 Å². The lowest BCUT2D eigenvalue weighted by Crippen LogP contribution is -2.23. The highest BCUT2D eigenvalue weighted by Gasteiger charge is 2.17. The molecule has 0 aromatic heterocycles. The second-order valence-corrected chi connectivity index (χ2v) is 3.95. The van der Waals surface area contributed by atoms with E-state index in [-0.39, 0.29) is 5.69 Å². The molecule has 0 saturated carbocycles. The Kier molecular flexibility index (Phi) is 5.08. The van der Waals surface area contributed by atoms with Crippen LogP contribution in [0.4, 0.5) is 11.4 Å². The number of nitrogens with one attached hydrogen (secondary N) is 1. The Morgan fingerprint density at radius 2 is 2.28 bits per heavy atom. The number of hydrogen-bond acceptors (Lipinski definition) is 5. The molecule has 0 bridgehead atoms. The summed E-state index contributed by atoms with van der Waals surface area (Å²) in [6.07, 6.45) is 0.876. The van der Waals surface area contributed by atoms with Crippen LogP contribution in [-0.2, 0) is 0 Å². The Morgan fingerprint density at radius 3 is 2.83 bits per heavy atom. The summed E-state index contributed by atoms with van der Waals surface area (Å²) in [5.74, 6) is 0. The second kappa shape index (κ2) is 6.57. The molecule has 18 heavy (non-hydrogen) atoms. The molecule has 0 spiro atoms. The minimum Gasteiger partial charge on any atom is -0.369 e. The molecule has 0 aliphatic rings. The highest BCUT2D eigenvalue weighted by molar-refractivity contribution is 5.65. The van der Waals surface area contributed by atoms with Gasteiger partial charge < -0.3 is 10.2 Å². The number of benzene rings is 1. The maximum absolute atomic E-state index is 10.9. The average Bonchev–Trinajstić information content (AvgIpc) is 2.38. The summed E-state index contributed by atoms with van der Waals surface area (Å²) in [6, 6.07) is 6.39. The second-order valence-electron chi connectivity index (χ2n) is 3.95. The molecule has 1 aromatic rings. The van der Waals surface area contributed by atoms with Gasteiger partial charge in [0.25, 0.3) is 5.69 Å². The molecule has 6 heteroatoms. The van der Waals surface area contributed by atoms with E-state index in [1.165, 1.54) is 12.1 Å². The summed E-state index contributed by atoms with van der Waals surface area (Å²) in [6.45, 7) is 1.53. The fourth-order valence-corrected chi connectivity index (χ4v) is 1.67. The summed E-state index contributed by atoms with van der Waals surface area (Å²) in [5.41, 5.74) is 0.937. The molecule has 1 aromatic carbocycles. The van der Waals surface area contributed by atoms with Gasteiger partial charge in [-0.2, -0.15) is 5.26 Å². The van der Waals surface area contributed by atoms with E-state index in [0.29, 0.717) is 17.8 Å². The number of rotatable bonds is 6. The zero-order valence-electron chi connectivity index (χ0n) is 10.5. The predicted octanol–water partition coefficient (Wildman–Crippen LogP) is 1.51. The van der Waals surface area contributed by atoms with Crippen LogP contribution < -0.4 is 10.2 Å². The van der Waals surface area contributed by atoms with Crippen molar-refractivity contribution < 1.29 is 4.92 Å². The Bertz CT molecular complexity index is 468.